The molecule has 0 saturated heterocycles. The second kappa shape index (κ2) is 8.45. The summed E-state index contributed by atoms with van der Waals surface area (Å²) in [4.78, 5) is 26.5. The Morgan fingerprint density at radius 1 is 1.00 bits per heavy atom. The maximum Gasteiger partial charge on any atom is 0.225 e. The van der Waals surface area contributed by atoms with E-state index in [1.165, 1.54) is 17.9 Å². The first-order chi connectivity index (χ1) is 12.6. The topological polar surface area (TPSA) is 74.0 Å². The molecule has 2 aromatic carbocycles. The molecule has 0 saturated carbocycles. The Kier molecular flexibility index (Phi) is 5.81. The number of anilines is 1. The van der Waals surface area contributed by atoms with Gasteiger partial charge in [-0.15, -0.1) is 0 Å². The summed E-state index contributed by atoms with van der Waals surface area (Å²) in [7, 11) is 0. The van der Waals surface area contributed by atoms with Gasteiger partial charge in [0.2, 0.25) is 5.91 Å². The Morgan fingerprint density at radius 3 is 2.54 bits per heavy atom. The summed E-state index contributed by atoms with van der Waals surface area (Å²) in [6.07, 6.45) is 3.37. The Labute approximate surface area is 152 Å². The molecule has 3 aromatic rings. The highest BCUT2D eigenvalue weighted by molar-refractivity contribution is 5.95. The zero-order chi connectivity index (χ0) is 18.4. The standard InChI is InChI=1S/C21H23N3O2/c1-15(25)16-6-8-18(9-7-16)24-21(26)11-13-22-12-10-17-14-23-20-5-3-2-4-19(17)20/h2-9,14,22-23H,10-13H2,1H3,(H,24,26). The van der Waals surface area contributed by atoms with Gasteiger partial charge in [-0.1, -0.05) is 18.2 Å². The molecule has 1 aromatic heterocycles. The second-order valence-electron chi connectivity index (χ2n) is 6.29. The van der Waals surface area contributed by atoms with Crippen molar-refractivity contribution in [2.24, 2.45) is 0 Å². The molecule has 26 heavy (non-hydrogen) atoms. The lowest BCUT2D eigenvalue weighted by Crippen LogP contribution is -2.23. The summed E-state index contributed by atoms with van der Waals surface area (Å²) in [5.74, 6) is -0.0255. The van der Waals surface area contributed by atoms with Crippen molar-refractivity contribution in [3.05, 3.63) is 65.9 Å². The number of aromatic nitrogens is 1. The zero-order valence-corrected chi connectivity index (χ0v) is 14.8. The van der Waals surface area contributed by atoms with Crippen molar-refractivity contribution in [2.75, 3.05) is 18.4 Å². The van der Waals surface area contributed by atoms with Gasteiger partial charge in [0.1, 0.15) is 0 Å². The molecule has 0 aliphatic rings. The van der Waals surface area contributed by atoms with Crippen LogP contribution in [0.3, 0.4) is 0 Å². The second-order valence-corrected chi connectivity index (χ2v) is 6.29. The molecule has 0 radical (unpaired) electrons. The number of aromatic amines is 1. The van der Waals surface area contributed by atoms with Gasteiger partial charge in [0.15, 0.2) is 5.78 Å². The third kappa shape index (κ3) is 4.58. The highest BCUT2D eigenvalue weighted by Gasteiger charge is 2.05. The number of ketones is 1. The molecule has 1 amide bonds. The highest BCUT2D eigenvalue weighted by Crippen LogP contribution is 2.17. The number of H-pyrrole nitrogens is 1. The van der Waals surface area contributed by atoms with Gasteiger partial charge in [-0.25, -0.2) is 0 Å². The number of benzene rings is 2. The van der Waals surface area contributed by atoms with Crippen molar-refractivity contribution in [3.63, 3.8) is 0 Å². The van der Waals surface area contributed by atoms with E-state index in [-0.39, 0.29) is 11.7 Å². The van der Waals surface area contributed by atoms with Crippen LogP contribution < -0.4 is 10.6 Å². The van der Waals surface area contributed by atoms with E-state index in [0.717, 1.165) is 18.5 Å². The molecule has 0 aliphatic carbocycles. The van der Waals surface area contributed by atoms with Crippen molar-refractivity contribution in [1.82, 2.24) is 10.3 Å². The molecular weight excluding hydrogens is 326 g/mol. The number of hydrogen-bond donors (Lipinski definition) is 3. The molecule has 0 spiro atoms. The number of nitrogens with one attached hydrogen (secondary N) is 3. The van der Waals surface area contributed by atoms with Gasteiger partial charge in [0, 0.05) is 41.3 Å². The molecular formula is C21H23N3O2. The third-order valence-corrected chi connectivity index (χ3v) is 4.35. The van der Waals surface area contributed by atoms with Crippen LogP contribution in [0.15, 0.2) is 54.7 Å². The summed E-state index contributed by atoms with van der Waals surface area (Å²) < 4.78 is 0. The lowest BCUT2D eigenvalue weighted by Gasteiger charge is -2.07. The van der Waals surface area contributed by atoms with Gasteiger partial charge in [-0.3, -0.25) is 9.59 Å². The largest absolute Gasteiger partial charge is 0.361 e. The molecule has 5 nitrogen and oxygen atoms in total. The minimum Gasteiger partial charge on any atom is -0.361 e. The zero-order valence-electron chi connectivity index (χ0n) is 14.8. The predicted octanol–water partition coefficient (Wildman–Crippen LogP) is 3.53. The minimum absolute atomic E-state index is 0.0160. The molecule has 1 heterocycles. The van der Waals surface area contributed by atoms with E-state index >= 15 is 0 Å². The average Bonchev–Trinajstić information content (AvgIpc) is 3.05. The fraction of sp³-hybridized carbons (Fsp3) is 0.238. The van der Waals surface area contributed by atoms with Crippen LogP contribution >= 0.6 is 0 Å². The highest BCUT2D eigenvalue weighted by atomic mass is 16.1. The summed E-state index contributed by atoms with van der Waals surface area (Å²) in [6, 6.07) is 15.2. The lowest BCUT2D eigenvalue weighted by atomic mass is 10.1. The van der Waals surface area contributed by atoms with Crippen LogP contribution in [-0.4, -0.2) is 29.8 Å². The van der Waals surface area contributed by atoms with E-state index in [2.05, 4.69) is 27.8 Å². The number of amides is 1. The third-order valence-electron chi connectivity index (χ3n) is 4.35. The fourth-order valence-corrected chi connectivity index (χ4v) is 2.90. The minimum atomic E-state index is -0.0415. The first-order valence-electron chi connectivity index (χ1n) is 8.80. The SMILES string of the molecule is CC(=O)c1ccc(NC(=O)CCNCCc2c[nH]c3ccccc23)cc1. The van der Waals surface area contributed by atoms with Gasteiger partial charge in [-0.05, 0) is 55.8 Å². The van der Waals surface area contributed by atoms with Gasteiger partial charge in [0.25, 0.3) is 0 Å². The quantitative estimate of drug-likeness (QED) is 0.430. The number of rotatable bonds is 8. The van der Waals surface area contributed by atoms with Gasteiger partial charge in [0.05, 0.1) is 0 Å². The first kappa shape index (κ1) is 17.9. The Hall–Kier alpha value is -2.92. The number of Topliss-reactive ketones (excluding diaryl/α,β-unsaturated/α-hetero) is 1. The summed E-state index contributed by atoms with van der Waals surface area (Å²) in [5, 5.41) is 7.40. The van der Waals surface area contributed by atoms with Crippen molar-refractivity contribution in [3.8, 4) is 0 Å². The van der Waals surface area contributed by atoms with Crippen LogP contribution in [0.2, 0.25) is 0 Å². The van der Waals surface area contributed by atoms with Crippen molar-refractivity contribution in [2.45, 2.75) is 19.8 Å². The van der Waals surface area contributed by atoms with E-state index in [0.29, 0.717) is 24.2 Å². The van der Waals surface area contributed by atoms with E-state index in [4.69, 9.17) is 0 Å². The van der Waals surface area contributed by atoms with Crippen molar-refractivity contribution >= 4 is 28.3 Å². The number of carbonyl (C=O) groups is 2. The Balaban J connectivity index is 1.38. The number of para-hydroxylation sites is 1. The maximum atomic E-state index is 12.0. The number of fused-ring (bicyclic) bond motifs is 1. The normalized spacial score (nSPS) is 10.8. The maximum absolute atomic E-state index is 12.0. The molecule has 0 unspecified atom stereocenters. The van der Waals surface area contributed by atoms with Gasteiger partial charge < -0.3 is 15.6 Å². The summed E-state index contributed by atoms with van der Waals surface area (Å²) in [5.41, 5.74) is 3.78. The summed E-state index contributed by atoms with van der Waals surface area (Å²) >= 11 is 0. The van der Waals surface area contributed by atoms with Crippen LogP contribution in [-0.2, 0) is 11.2 Å². The van der Waals surface area contributed by atoms with E-state index < -0.39 is 0 Å². The number of hydrogen-bond acceptors (Lipinski definition) is 3. The molecule has 3 N–H and O–H groups in total. The van der Waals surface area contributed by atoms with Crippen LogP contribution in [0.1, 0.15) is 29.3 Å². The molecule has 0 atom stereocenters. The Morgan fingerprint density at radius 2 is 1.77 bits per heavy atom. The number of carbonyl (C=O) groups excluding carboxylic acids is 2. The van der Waals surface area contributed by atoms with Crippen LogP contribution in [0.25, 0.3) is 10.9 Å². The van der Waals surface area contributed by atoms with E-state index in [1.54, 1.807) is 24.3 Å². The monoisotopic (exact) mass is 349 g/mol. The van der Waals surface area contributed by atoms with E-state index in [9.17, 15) is 9.59 Å². The van der Waals surface area contributed by atoms with Crippen LogP contribution in [0, 0.1) is 0 Å². The van der Waals surface area contributed by atoms with Crippen LogP contribution in [0.5, 0.6) is 0 Å². The van der Waals surface area contributed by atoms with Crippen LogP contribution in [0.4, 0.5) is 5.69 Å². The molecule has 3 rings (SSSR count). The van der Waals surface area contributed by atoms with Crippen molar-refractivity contribution < 1.29 is 9.59 Å². The molecule has 0 fully saturated rings. The van der Waals surface area contributed by atoms with Crippen molar-refractivity contribution in [1.29, 1.82) is 0 Å². The average molecular weight is 349 g/mol. The summed E-state index contributed by atoms with van der Waals surface area (Å²) in [6.45, 7) is 2.97. The molecule has 0 aliphatic heterocycles. The first-order valence-corrected chi connectivity index (χ1v) is 8.80. The smallest absolute Gasteiger partial charge is 0.225 e. The molecule has 134 valence electrons. The van der Waals surface area contributed by atoms with Gasteiger partial charge in [-0.2, -0.15) is 0 Å². The molecule has 0 bridgehead atoms. The van der Waals surface area contributed by atoms with E-state index in [1.807, 2.05) is 18.3 Å². The fourth-order valence-electron chi connectivity index (χ4n) is 2.90. The Bertz CT molecular complexity index is 897. The van der Waals surface area contributed by atoms with Gasteiger partial charge >= 0.3 is 0 Å². The lowest BCUT2D eigenvalue weighted by molar-refractivity contribution is -0.116. The predicted molar refractivity (Wildman–Crippen MR) is 105 cm³/mol. The molecule has 5 heteroatoms.